The van der Waals surface area contributed by atoms with Gasteiger partial charge in [0.25, 0.3) is 0 Å². The molecule has 7 nitrogen and oxygen atoms in total. The van der Waals surface area contributed by atoms with Gasteiger partial charge < -0.3 is 28.5 Å². The molecule has 1 saturated heterocycles. The maximum Gasteiger partial charge on any atom is 0.129 e. The number of ether oxygens (including phenoxy) is 5. The zero-order valence-electron chi connectivity index (χ0n) is 24.8. The average Bonchev–Trinajstić information content (AvgIpc) is 3.50. The molecule has 2 aliphatic heterocycles. The molecule has 2 heterocycles. The van der Waals surface area contributed by atoms with E-state index in [4.69, 9.17) is 28.5 Å². The van der Waals surface area contributed by atoms with Crippen LogP contribution in [0.25, 0.3) is 0 Å². The van der Waals surface area contributed by atoms with Gasteiger partial charge in [0.05, 0.1) is 51.3 Å². The van der Waals surface area contributed by atoms with Gasteiger partial charge in [-0.15, -0.1) is 0 Å². The highest BCUT2D eigenvalue weighted by atomic mass is 16.6. The van der Waals surface area contributed by atoms with E-state index < -0.39 is 24.4 Å². The fourth-order valence-electron chi connectivity index (χ4n) is 5.53. The van der Waals surface area contributed by atoms with Crippen LogP contribution in [0.15, 0.2) is 126 Å². The molecular weight excluding hydrogens is 554 g/mol. The lowest BCUT2D eigenvalue weighted by Gasteiger charge is -2.35. The number of benzene rings is 4. The molecule has 6 rings (SSSR count). The summed E-state index contributed by atoms with van der Waals surface area (Å²) in [7, 11) is 0. The van der Waals surface area contributed by atoms with Gasteiger partial charge in [0.1, 0.15) is 31.0 Å². The Morgan fingerprint density at radius 2 is 1.14 bits per heavy atom. The van der Waals surface area contributed by atoms with Crippen LogP contribution in [0.4, 0.5) is 0 Å². The second kappa shape index (κ2) is 15.7. The molecule has 0 aliphatic carbocycles. The number of hydrogen-bond acceptors (Lipinski definition) is 7. The quantitative estimate of drug-likeness (QED) is 0.170. The second-order valence-corrected chi connectivity index (χ2v) is 11.1. The predicted octanol–water partition coefficient (Wildman–Crippen LogP) is 6.36. The van der Waals surface area contributed by atoms with Gasteiger partial charge in [-0.25, -0.2) is 0 Å². The Bertz CT molecular complexity index is 1420. The summed E-state index contributed by atoms with van der Waals surface area (Å²) in [5.41, 5.74) is 5.10. The number of fused-ring (bicyclic) bond motifs is 1. The highest BCUT2D eigenvalue weighted by Crippen LogP contribution is 2.31. The maximum atomic E-state index is 6.75. The molecule has 0 radical (unpaired) electrons. The third-order valence-electron chi connectivity index (χ3n) is 7.89. The van der Waals surface area contributed by atoms with E-state index in [1.165, 1.54) is 0 Å². The van der Waals surface area contributed by atoms with E-state index in [0.717, 1.165) is 28.0 Å². The van der Waals surface area contributed by atoms with E-state index in [9.17, 15) is 0 Å². The highest BCUT2D eigenvalue weighted by Gasteiger charge is 2.47. The molecule has 7 heteroatoms. The Kier molecular flexibility index (Phi) is 10.8. The summed E-state index contributed by atoms with van der Waals surface area (Å²) in [4.78, 5) is 5.57. The standard InChI is InChI=1S/C37H39NO6/c1-5-13-28(14-6-1)21-39-27-33(40-22-29-15-7-2-8-16-29)35-37(42-24-31-19-11-4-12-20-31)36(34-32(25-43-35)26-44-38-34)41-23-30-17-9-3-10-18-30/h1-20,32-33,35-37H,21-27H2/t32-,33+,35+,36-,37-/m0/s1. The molecule has 44 heavy (non-hydrogen) atoms. The Balaban J connectivity index is 1.28. The lowest BCUT2D eigenvalue weighted by molar-refractivity contribution is -0.182. The molecule has 0 unspecified atom stereocenters. The first kappa shape index (κ1) is 30.2. The molecule has 0 saturated carbocycles. The van der Waals surface area contributed by atoms with Crippen LogP contribution >= 0.6 is 0 Å². The second-order valence-electron chi connectivity index (χ2n) is 11.1. The van der Waals surface area contributed by atoms with Crippen molar-refractivity contribution in [3.63, 3.8) is 0 Å². The molecule has 4 aromatic carbocycles. The van der Waals surface area contributed by atoms with Crippen molar-refractivity contribution >= 4 is 5.71 Å². The van der Waals surface area contributed by atoms with Crippen molar-refractivity contribution < 1.29 is 28.5 Å². The highest BCUT2D eigenvalue weighted by molar-refractivity contribution is 5.92. The SMILES string of the molecule is c1ccc(COC[C@@H](OCc2ccccc2)[C@H]2OC[C@H]3CON=C3[C@H](OCc3ccccc3)[C@H]2OCc2ccccc2)cc1. The van der Waals surface area contributed by atoms with E-state index in [-0.39, 0.29) is 5.92 Å². The molecule has 5 atom stereocenters. The fraction of sp³-hybridized carbons (Fsp3) is 0.324. The van der Waals surface area contributed by atoms with E-state index >= 15 is 0 Å². The van der Waals surface area contributed by atoms with Crippen molar-refractivity contribution in [3.05, 3.63) is 144 Å². The monoisotopic (exact) mass is 593 g/mol. The summed E-state index contributed by atoms with van der Waals surface area (Å²) in [5, 5.41) is 4.47. The van der Waals surface area contributed by atoms with Gasteiger partial charge in [-0.1, -0.05) is 126 Å². The van der Waals surface area contributed by atoms with Crippen LogP contribution in [0.2, 0.25) is 0 Å². The predicted molar refractivity (Wildman–Crippen MR) is 168 cm³/mol. The van der Waals surface area contributed by atoms with E-state index in [1.54, 1.807) is 0 Å². The number of nitrogens with zero attached hydrogens (tertiary/aromatic N) is 1. The van der Waals surface area contributed by atoms with Crippen LogP contribution in [0.1, 0.15) is 22.3 Å². The van der Waals surface area contributed by atoms with Crippen molar-refractivity contribution in [2.45, 2.75) is 50.8 Å². The molecular formula is C37H39NO6. The lowest BCUT2D eigenvalue weighted by Crippen LogP contribution is -2.51. The summed E-state index contributed by atoms with van der Waals surface area (Å²) in [6.07, 6.45) is -1.98. The summed E-state index contributed by atoms with van der Waals surface area (Å²) in [6.45, 7) is 2.83. The Hall–Kier alpha value is -3.85. The van der Waals surface area contributed by atoms with Crippen LogP contribution in [-0.4, -0.2) is 49.9 Å². The normalized spacial score (nSPS) is 22.0. The minimum absolute atomic E-state index is 0.0383. The van der Waals surface area contributed by atoms with E-state index in [1.807, 2.05) is 72.8 Å². The molecule has 2 aliphatic rings. The smallest absolute Gasteiger partial charge is 0.129 e. The minimum atomic E-state index is -0.537. The largest absolute Gasteiger partial charge is 0.395 e. The van der Waals surface area contributed by atoms with Gasteiger partial charge in [-0.05, 0) is 22.3 Å². The van der Waals surface area contributed by atoms with Crippen LogP contribution in [0.3, 0.4) is 0 Å². The number of hydrogen-bond donors (Lipinski definition) is 0. The Morgan fingerprint density at radius 1 is 0.614 bits per heavy atom. The van der Waals surface area contributed by atoms with Gasteiger partial charge in [0, 0.05) is 0 Å². The van der Waals surface area contributed by atoms with Gasteiger partial charge in [0.15, 0.2) is 0 Å². The van der Waals surface area contributed by atoms with Crippen LogP contribution in [0.5, 0.6) is 0 Å². The van der Waals surface area contributed by atoms with Crippen LogP contribution in [0, 0.1) is 5.92 Å². The first-order valence-electron chi connectivity index (χ1n) is 15.2. The average molecular weight is 594 g/mol. The lowest BCUT2D eigenvalue weighted by atomic mass is 9.94. The summed E-state index contributed by atoms with van der Waals surface area (Å²) < 4.78 is 33.0. The minimum Gasteiger partial charge on any atom is -0.395 e. The number of oxime groups is 1. The van der Waals surface area contributed by atoms with Crippen LogP contribution in [-0.2, 0) is 54.9 Å². The molecule has 0 amide bonds. The van der Waals surface area contributed by atoms with Crippen molar-refractivity contribution in [1.29, 1.82) is 0 Å². The first-order chi connectivity index (χ1) is 21.8. The third kappa shape index (κ3) is 8.20. The van der Waals surface area contributed by atoms with Gasteiger partial charge in [-0.2, -0.15) is 0 Å². The zero-order chi connectivity index (χ0) is 29.8. The van der Waals surface area contributed by atoms with E-state index in [0.29, 0.717) is 46.2 Å². The van der Waals surface area contributed by atoms with Gasteiger partial charge in [0.2, 0.25) is 0 Å². The van der Waals surface area contributed by atoms with Crippen molar-refractivity contribution in [2.75, 3.05) is 19.8 Å². The molecule has 0 aromatic heterocycles. The molecule has 228 valence electrons. The fourth-order valence-corrected chi connectivity index (χ4v) is 5.53. The summed E-state index contributed by atoms with van der Waals surface area (Å²) >= 11 is 0. The molecule has 0 N–H and O–H groups in total. The molecule has 4 aromatic rings. The summed E-state index contributed by atoms with van der Waals surface area (Å²) in [5.74, 6) is -0.0383. The first-order valence-corrected chi connectivity index (χ1v) is 15.2. The topological polar surface area (TPSA) is 67.7 Å². The Morgan fingerprint density at radius 3 is 1.73 bits per heavy atom. The van der Waals surface area contributed by atoms with Crippen molar-refractivity contribution in [1.82, 2.24) is 0 Å². The van der Waals surface area contributed by atoms with Crippen molar-refractivity contribution in [3.8, 4) is 0 Å². The van der Waals surface area contributed by atoms with Gasteiger partial charge >= 0.3 is 0 Å². The zero-order valence-corrected chi connectivity index (χ0v) is 24.8. The van der Waals surface area contributed by atoms with E-state index in [2.05, 4.69) is 53.7 Å². The van der Waals surface area contributed by atoms with Crippen molar-refractivity contribution in [2.24, 2.45) is 11.1 Å². The maximum absolute atomic E-state index is 6.75. The van der Waals surface area contributed by atoms with Crippen LogP contribution < -0.4 is 0 Å². The number of rotatable bonds is 14. The Labute approximate surface area is 259 Å². The van der Waals surface area contributed by atoms with Gasteiger partial charge in [-0.3, -0.25) is 0 Å². The molecule has 0 spiro atoms. The summed E-state index contributed by atoms with van der Waals surface area (Å²) in [6, 6.07) is 40.5. The third-order valence-corrected chi connectivity index (χ3v) is 7.89. The molecule has 1 fully saturated rings. The molecule has 0 bridgehead atoms.